The highest BCUT2D eigenvalue weighted by atomic mass is 16.3. The Morgan fingerprint density at radius 3 is 3.18 bits per heavy atom. The Kier molecular flexibility index (Phi) is 2.21. The van der Waals surface area contributed by atoms with Crippen molar-refractivity contribution in [3.8, 4) is 0 Å². The van der Waals surface area contributed by atoms with Gasteiger partial charge in [-0.3, -0.25) is 4.79 Å². The molecule has 4 nitrogen and oxygen atoms in total. The van der Waals surface area contributed by atoms with Gasteiger partial charge in [-0.1, -0.05) is 12.1 Å². The second-order valence-electron chi connectivity index (χ2n) is 4.18. The number of carbonyl (C=O) groups excluding carboxylic acids is 1. The van der Waals surface area contributed by atoms with Crippen molar-refractivity contribution in [3.63, 3.8) is 0 Å². The number of amides is 1. The maximum absolute atomic E-state index is 11.9. The summed E-state index contributed by atoms with van der Waals surface area (Å²) in [6, 6.07) is 5.61. The number of hydrogen-bond donors (Lipinski definition) is 0. The van der Waals surface area contributed by atoms with Gasteiger partial charge in [0, 0.05) is 18.9 Å². The van der Waals surface area contributed by atoms with Crippen LogP contribution in [0.1, 0.15) is 6.42 Å². The van der Waals surface area contributed by atoms with E-state index in [0.29, 0.717) is 18.5 Å². The van der Waals surface area contributed by atoms with E-state index in [2.05, 4.69) is 11.6 Å². The van der Waals surface area contributed by atoms with E-state index < -0.39 is 0 Å². The van der Waals surface area contributed by atoms with Gasteiger partial charge in [0.25, 0.3) is 0 Å². The van der Waals surface area contributed by atoms with Gasteiger partial charge in [0.1, 0.15) is 5.52 Å². The maximum atomic E-state index is 11.9. The van der Waals surface area contributed by atoms with Gasteiger partial charge in [0.05, 0.1) is 5.69 Å². The molecule has 1 amide bonds. The van der Waals surface area contributed by atoms with Gasteiger partial charge in [-0.2, -0.15) is 0 Å². The van der Waals surface area contributed by atoms with Crippen LogP contribution in [0.5, 0.6) is 0 Å². The first-order valence-corrected chi connectivity index (χ1v) is 5.54. The lowest BCUT2D eigenvalue weighted by Gasteiger charge is -2.16. The number of nitrogens with zero attached hydrogens (tertiary/aromatic N) is 2. The minimum absolute atomic E-state index is 0.116. The van der Waals surface area contributed by atoms with Gasteiger partial charge >= 0.3 is 0 Å². The van der Waals surface area contributed by atoms with Crippen LogP contribution >= 0.6 is 0 Å². The molecular weight excluding hydrogens is 216 g/mol. The molecule has 0 spiro atoms. The largest absolute Gasteiger partial charge is 0.443 e. The molecule has 0 N–H and O–H groups in total. The van der Waals surface area contributed by atoms with E-state index in [4.69, 9.17) is 4.42 Å². The lowest BCUT2D eigenvalue weighted by Crippen LogP contribution is -2.24. The highest BCUT2D eigenvalue weighted by Crippen LogP contribution is 2.30. The topological polar surface area (TPSA) is 46.3 Å². The quantitative estimate of drug-likeness (QED) is 0.741. The summed E-state index contributed by atoms with van der Waals surface area (Å²) in [5.41, 5.74) is 2.27. The monoisotopic (exact) mass is 228 g/mol. The number of para-hydroxylation sites is 1. The van der Waals surface area contributed by atoms with Crippen molar-refractivity contribution in [2.45, 2.75) is 6.42 Å². The highest BCUT2D eigenvalue weighted by Gasteiger charge is 2.30. The standard InChI is InChI=1S/C13H12N2O2/c1-2-9-6-12(16)15(7-9)10-4-3-5-11-13(10)14-8-17-11/h2-5,8-9H,1,6-7H2. The van der Waals surface area contributed by atoms with E-state index in [1.54, 1.807) is 4.90 Å². The van der Waals surface area contributed by atoms with Crippen LogP contribution in [-0.4, -0.2) is 17.4 Å². The SMILES string of the molecule is C=CC1CC(=O)N(c2cccc3ocnc23)C1. The summed E-state index contributed by atoms with van der Waals surface area (Å²) >= 11 is 0. The molecule has 1 aromatic carbocycles. The second kappa shape index (κ2) is 3.73. The van der Waals surface area contributed by atoms with Crippen LogP contribution in [0.2, 0.25) is 0 Å². The summed E-state index contributed by atoms with van der Waals surface area (Å²) in [5, 5.41) is 0. The Morgan fingerprint density at radius 2 is 2.41 bits per heavy atom. The van der Waals surface area contributed by atoms with Crippen LogP contribution in [0, 0.1) is 5.92 Å². The number of oxazole rings is 1. The fourth-order valence-electron chi connectivity index (χ4n) is 2.22. The van der Waals surface area contributed by atoms with Gasteiger partial charge in [-0.05, 0) is 12.1 Å². The van der Waals surface area contributed by atoms with Crippen LogP contribution in [-0.2, 0) is 4.79 Å². The fraction of sp³-hybridized carbons (Fsp3) is 0.231. The number of fused-ring (bicyclic) bond motifs is 1. The molecule has 86 valence electrons. The number of benzene rings is 1. The molecule has 1 saturated heterocycles. The van der Waals surface area contributed by atoms with E-state index in [0.717, 1.165) is 11.2 Å². The third kappa shape index (κ3) is 1.53. The molecule has 1 aliphatic rings. The Hall–Kier alpha value is -2.10. The molecule has 3 rings (SSSR count). The van der Waals surface area contributed by atoms with Gasteiger partial charge in [0.2, 0.25) is 5.91 Å². The molecule has 2 heterocycles. The normalized spacial score (nSPS) is 20.1. The van der Waals surface area contributed by atoms with E-state index >= 15 is 0 Å². The Bertz CT molecular complexity index is 588. The average molecular weight is 228 g/mol. The van der Waals surface area contributed by atoms with Crippen molar-refractivity contribution in [2.75, 3.05) is 11.4 Å². The Balaban J connectivity index is 2.07. The molecule has 1 unspecified atom stereocenters. The van der Waals surface area contributed by atoms with Gasteiger partial charge in [0.15, 0.2) is 12.0 Å². The molecule has 4 heteroatoms. The summed E-state index contributed by atoms with van der Waals surface area (Å²) in [7, 11) is 0. The number of hydrogen-bond acceptors (Lipinski definition) is 3. The van der Waals surface area contributed by atoms with Crippen molar-refractivity contribution in [2.24, 2.45) is 5.92 Å². The van der Waals surface area contributed by atoms with Crippen LogP contribution < -0.4 is 4.90 Å². The average Bonchev–Trinajstić information content (AvgIpc) is 2.94. The summed E-state index contributed by atoms with van der Waals surface area (Å²) in [4.78, 5) is 17.9. The van der Waals surface area contributed by atoms with Crippen molar-refractivity contribution >= 4 is 22.7 Å². The number of rotatable bonds is 2. The Labute approximate surface area is 98.5 Å². The predicted octanol–water partition coefficient (Wildman–Crippen LogP) is 2.37. The summed E-state index contributed by atoms with van der Waals surface area (Å²) in [5.74, 6) is 0.343. The van der Waals surface area contributed by atoms with Crippen molar-refractivity contribution in [1.29, 1.82) is 0 Å². The smallest absolute Gasteiger partial charge is 0.227 e. The van der Waals surface area contributed by atoms with Gasteiger partial charge in [-0.15, -0.1) is 6.58 Å². The fourth-order valence-corrected chi connectivity index (χ4v) is 2.22. The molecule has 1 aromatic heterocycles. The lowest BCUT2D eigenvalue weighted by molar-refractivity contribution is -0.117. The minimum atomic E-state index is 0.116. The van der Waals surface area contributed by atoms with Crippen LogP contribution in [0.25, 0.3) is 11.1 Å². The Morgan fingerprint density at radius 1 is 1.53 bits per heavy atom. The van der Waals surface area contributed by atoms with E-state index in [1.165, 1.54) is 6.39 Å². The second-order valence-corrected chi connectivity index (χ2v) is 4.18. The van der Waals surface area contributed by atoms with Crippen LogP contribution in [0.15, 0.2) is 41.7 Å². The van der Waals surface area contributed by atoms with E-state index in [9.17, 15) is 4.79 Å². The molecule has 0 radical (unpaired) electrons. The number of carbonyl (C=O) groups is 1. The highest BCUT2D eigenvalue weighted by molar-refractivity contribution is 6.02. The lowest BCUT2D eigenvalue weighted by atomic mass is 10.1. The van der Waals surface area contributed by atoms with Gasteiger partial charge < -0.3 is 9.32 Å². The van der Waals surface area contributed by atoms with Crippen LogP contribution in [0.4, 0.5) is 5.69 Å². The molecule has 1 aliphatic heterocycles. The van der Waals surface area contributed by atoms with Gasteiger partial charge in [-0.25, -0.2) is 4.98 Å². The minimum Gasteiger partial charge on any atom is -0.443 e. The first-order valence-electron chi connectivity index (χ1n) is 5.54. The summed E-state index contributed by atoms with van der Waals surface area (Å²) in [6.45, 7) is 4.42. The molecule has 17 heavy (non-hydrogen) atoms. The molecule has 2 aromatic rings. The zero-order chi connectivity index (χ0) is 11.8. The molecule has 0 aliphatic carbocycles. The first-order chi connectivity index (χ1) is 8.29. The van der Waals surface area contributed by atoms with Crippen LogP contribution in [0.3, 0.4) is 0 Å². The predicted molar refractivity (Wildman–Crippen MR) is 64.7 cm³/mol. The van der Waals surface area contributed by atoms with Crippen molar-refractivity contribution in [1.82, 2.24) is 4.98 Å². The molecule has 0 saturated carbocycles. The van der Waals surface area contributed by atoms with Crippen molar-refractivity contribution in [3.05, 3.63) is 37.2 Å². The third-order valence-corrected chi connectivity index (χ3v) is 3.12. The summed E-state index contributed by atoms with van der Waals surface area (Å²) < 4.78 is 5.24. The van der Waals surface area contributed by atoms with E-state index in [1.807, 2.05) is 24.3 Å². The molecule has 1 fully saturated rings. The molecule has 1 atom stereocenters. The number of aromatic nitrogens is 1. The molecular formula is C13H12N2O2. The third-order valence-electron chi connectivity index (χ3n) is 3.12. The maximum Gasteiger partial charge on any atom is 0.227 e. The number of anilines is 1. The zero-order valence-electron chi connectivity index (χ0n) is 9.30. The first kappa shape index (κ1) is 10.1. The zero-order valence-corrected chi connectivity index (χ0v) is 9.30. The molecule has 0 bridgehead atoms. The van der Waals surface area contributed by atoms with Crippen molar-refractivity contribution < 1.29 is 9.21 Å². The van der Waals surface area contributed by atoms with E-state index in [-0.39, 0.29) is 11.8 Å². The summed E-state index contributed by atoms with van der Waals surface area (Å²) in [6.07, 6.45) is 3.76.